The Kier molecular flexibility index (Phi) is 12.7. The third-order valence-electron chi connectivity index (χ3n) is 13.9. The molecule has 0 spiro atoms. The summed E-state index contributed by atoms with van der Waals surface area (Å²) in [5.41, 5.74) is 14.7. The van der Waals surface area contributed by atoms with Crippen LogP contribution in [0.4, 0.5) is 0 Å². The number of aromatic nitrogens is 3. The van der Waals surface area contributed by atoms with Gasteiger partial charge in [0.15, 0.2) is 0 Å². The second-order valence-corrected chi connectivity index (χ2v) is 21.7. The Morgan fingerprint density at radius 2 is 1.26 bits per heavy atom. The molecule has 12 rings (SSSR count). The normalized spacial score (nSPS) is 12.2. The second kappa shape index (κ2) is 18.8. The first-order valence-corrected chi connectivity index (χ1v) is 24.9. The SMILES string of the molecule is CC(C)(C)c1ccnc(-c2[c-]cccc2)c1.CC(C)c1cc(-c2ccccc2)cc(C(C)C)c1-n1c(-c2[c-]ccc3c2oc2cc4c(ccc5ccccc54)cc23)nc2ccc3oc(C(C)(C)C)cc3c21.[Ir]. The molecule has 0 aliphatic rings. The summed E-state index contributed by atoms with van der Waals surface area (Å²) in [5.74, 6) is 2.20. The van der Waals surface area contributed by atoms with E-state index in [1.807, 2.05) is 36.5 Å². The van der Waals surface area contributed by atoms with Crippen LogP contribution >= 0.6 is 0 Å². The van der Waals surface area contributed by atoms with Crippen LogP contribution in [-0.4, -0.2) is 14.5 Å². The number of fused-ring (bicyclic) bond motifs is 9. The molecule has 12 aromatic rings. The molecule has 0 saturated heterocycles. The summed E-state index contributed by atoms with van der Waals surface area (Å²) in [6.45, 7) is 22.4. The van der Waals surface area contributed by atoms with E-state index >= 15 is 0 Å². The van der Waals surface area contributed by atoms with E-state index in [4.69, 9.17) is 13.8 Å². The fourth-order valence-electron chi connectivity index (χ4n) is 10.1. The van der Waals surface area contributed by atoms with E-state index < -0.39 is 0 Å². The van der Waals surface area contributed by atoms with Crippen molar-refractivity contribution in [3.8, 4) is 39.5 Å². The molecule has 0 atom stereocenters. The zero-order valence-electron chi connectivity index (χ0n) is 42.7. The van der Waals surface area contributed by atoms with Gasteiger partial charge >= 0.3 is 0 Å². The first kappa shape index (κ1) is 48.5. The maximum absolute atomic E-state index is 6.95. The molecule has 0 saturated carbocycles. The number of hydrogen-bond acceptors (Lipinski definition) is 4. The summed E-state index contributed by atoms with van der Waals surface area (Å²) in [4.78, 5) is 9.90. The first-order valence-electron chi connectivity index (χ1n) is 24.9. The monoisotopic (exact) mass is 1120 g/mol. The van der Waals surface area contributed by atoms with Crippen LogP contribution < -0.4 is 0 Å². The number of rotatable bonds is 6. The van der Waals surface area contributed by atoms with Crippen LogP contribution in [-0.2, 0) is 30.9 Å². The standard InChI is InChI=1S/C51H43N2O2.C15H16N.Ir/c1-29(2)38-25-34(31-14-9-8-10-15-31)26-39(30(3)4)47(38)53-48-42-28-46(51(5,6)7)54-44(42)23-22-43(48)52-50(53)37-19-13-18-36-41-24-33-21-20-32-16-11-12-17-35(32)40(33)27-45(41)55-49(36)37;1-15(2,3)13-9-10-16-14(11-13)12-7-5-4-6-8-12;/h8-18,20-30H,1-7H3;4-7,9-11H,1-3H3;/q2*-1;. The Morgan fingerprint density at radius 3 is 1.97 bits per heavy atom. The van der Waals surface area contributed by atoms with Crippen molar-refractivity contribution >= 4 is 65.5 Å². The van der Waals surface area contributed by atoms with Crippen molar-refractivity contribution in [3.63, 3.8) is 0 Å². The molecule has 0 aliphatic carbocycles. The van der Waals surface area contributed by atoms with Crippen molar-refractivity contribution in [2.75, 3.05) is 0 Å². The fraction of sp³-hybridized carbons (Fsp3) is 0.212. The van der Waals surface area contributed by atoms with Crippen LogP contribution in [0.15, 0.2) is 173 Å². The van der Waals surface area contributed by atoms with Gasteiger partial charge in [0.2, 0.25) is 0 Å². The second-order valence-electron chi connectivity index (χ2n) is 21.7. The summed E-state index contributed by atoms with van der Waals surface area (Å²) in [6, 6.07) is 62.5. The number of imidazole rings is 1. The molecular formula is C66H59IrN3O2-2. The molecule has 0 bridgehead atoms. The van der Waals surface area contributed by atoms with E-state index in [9.17, 15) is 0 Å². The predicted molar refractivity (Wildman–Crippen MR) is 297 cm³/mol. The van der Waals surface area contributed by atoms with E-state index in [2.05, 4.69) is 218 Å². The minimum absolute atomic E-state index is 0. The third-order valence-corrected chi connectivity index (χ3v) is 13.9. The molecule has 0 aliphatic heterocycles. The average molecular weight is 1120 g/mol. The van der Waals surface area contributed by atoms with Gasteiger partial charge in [0, 0.05) is 48.2 Å². The van der Waals surface area contributed by atoms with Crippen LogP contribution in [0.2, 0.25) is 0 Å². The maximum atomic E-state index is 6.95. The maximum Gasteiger partial charge on any atom is 0.136 e. The molecule has 0 fully saturated rings. The van der Waals surface area contributed by atoms with Gasteiger partial charge in [-0.2, -0.15) is 0 Å². The summed E-state index contributed by atoms with van der Waals surface area (Å²) >= 11 is 0. The zero-order valence-corrected chi connectivity index (χ0v) is 45.1. The predicted octanol–water partition coefficient (Wildman–Crippen LogP) is 18.5. The van der Waals surface area contributed by atoms with E-state index in [0.29, 0.717) is 0 Å². The van der Waals surface area contributed by atoms with Gasteiger partial charge < -0.3 is 18.4 Å². The Labute approximate surface area is 436 Å². The zero-order chi connectivity index (χ0) is 49.3. The van der Waals surface area contributed by atoms with Gasteiger partial charge in [0.05, 0.1) is 22.4 Å². The van der Waals surface area contributed by atoms with Crippen molar-refractivity contribution in [3.05, 3.63) is 199 Å². The van der Waals surface area contributed by atoms with Gasteiger partial charge in [0.1, 0.15) is 16.9 Å². The molecule has 0 N–H and O–H groups in total. The Hall–Kier alpha value is -7.11. The molecule has 5 nitrogen and oxygen atoms in total. The molecule has 4 heterocycles. The minimum Gasteiger partial charge on any atom is -0.501 e. The molecule has 0 amide bonds. The first-order chi connectivity index (χ1) is 34.1. The van der Waals surface area contributed by atoms with Crippen LogP contribution in [0.25, 0.3) is 105 Å². The molecule has 6 heteroatoms. The summed E-state index contributed by atoms with van der Waals surface area (Å²) in [5, 5.41) is 7.99. The summed E-state index contributed by atoms with van der Waals surface area (Å²) < 4.78 is 15.9. The van der Waals surface area contributed by atoms with Crippen molar-refractivity contribution in [1.29, 1.82) is 0 Å². The number of pyridine rings is 1. The smallest absolute Gasteiger partial charge is 0.136 e. The van der Waals surface area contributed by atoms with E-state index in [-0.39, 0.29) is 42.8 Å². The van der Waals surface area contributed by atoms with Gasteiger partial charge in [-0.25, -0.2) is 0 Å². The molecular weight excluding hydrogens is 1060 g/mol. The quantitative estimate of drug-likeness (QED) is 0.123. The van der Waals surface area contributed by atoms with Gasteiger partial charge in [-0.3, -0.25) is 4.98 Å². The van der Waals surface area contributed by atoms with Gasteiger partial charge in [-0.05, 0) is 121 Å². The van der Waals surface area contributed by atoms with Gasteiger partial charge in [-0.15, -0.1) is 54.1 Å². The van der Waals surface area contributed by atoms with Crippen molar-refractivity contribution in [1.82, 2.24) is 14.5 Å². The average Bonchev–Trinajstić information content (AvgIpc) is 4.10. The minimum atomic E-state index is -0.162. The van der Waals surface area contributed by atoms with Crippen molar-refractivity contribution in [2.45, 2.75) is 91.9 Å². The van der Waals surface area contributed by atoms with Crippen LogP contribution in [0, 0.1) is 12.1 Å². The van der Waals surface area contributed by atoms with Gasteiger partial charge in [0.25, 0.3) is 0 Å². The number of nitrogens with zero attached hydrogens (tertiary/aromatic N) is 3. The summed E-state index contributed by atoms with van der Waals surface area (Å²) in [7, 11) is 0. The Morgan fingerprint density at radius 1 is 0.542 bits per heavy atom. The van der Waals surface area contributed by atoms with E-state index in [1.54, 1.807) is 0 Å². The molecule has 4 aromatic heterocycles. The molecule has 361 valence electrons. The topological polar surface area (TPSA) is 57.0 Å². The van der Waals surface area contributed by atoms with E-state index in [1.165, 1.54) is 49.4 Å². The largest absolute Gasteiger partial charge is 0.501 e. The molecule has 0 unspecified atom stereocenters. The number of benzene rings is 8. The van der Waals surface area contributed by atoms with Crippen molar-refractivity contribution in [2.24, 2.45) is 0 Å². The fourth-order valence-corrected chi connectivity index (χ4v) is 10.1. The Bertz CT molecular complexity index is 3930. The molecule has 72 heavy (non-hydrogen) atoms. The number of furan rings is 2. The number of hydrogen-bond donors (Lipinski definition) is 0. The molecule has 1 radical (unpaired) electrons. The Balaban J connectivity index is 0.000000300. The van der Waals surface area contributed by atoms with Crippen molar-refractivity contribution < 1.29 is 28.9 Å². The molecule has 8 aromatic carbocycles. The van der Waals surface area contributed by atoms with Crippen LogP contribution in [0.1, 0.15) is 104 Å². The van der Waals surface area contributed by atoms with Gasteiger partial charge in [-0.1, -0.05) is 153 Å². The van der Waals surface area contributed by atoms with E-state index in [0.717, 1.165) is 78.0 Å². The third kappa shape index (κ3) is 8.75. The van der Waals surface area contributed by atoms with Crippen LogP contribution in [0.3, 0.4) is 0 Å². The van der Waals surface area contributed by atoms with Crippen LogP contribution in [0.5, 0.6) is 0 Å². The summed E-state index contributed by atoms with van der Waals surface area (Å²) in [6.07, 6.45) is 1.87.